The van der Waals surface area contributed by atoms with Gasteiger partial charge in [0, 0.05) is 4.91 Å². The Balaban J connectivity index is 2.79. The molecular weight excluding hydrogens is 150 g/mol. The average molecular weight is 155 g/mol. The molecule has 0 aliphatic carbocycles. The maximum absolute atomic E-state index is 8.49. The summed E-state index contributed by atoms with van der Waals surface area (Å²) in [5.74, 6) is 0. The molecule has 1 aliphatic rings. The molecule has 1 rings (SSSR count). The van der Waals surface area contributed by atoms with Crippen molar-refractivity contribution in [2.24, 2.45) is 0 Å². The third-order valence-corrected chi connectivity index (χ3v) is 2.94. The number of nitrogens with zero attached hydrogens (tertiary/aromatic N) is 1. The molecule has 0 N–H and O–H groups in total. The molecule has 0 spiro atoms. The summed E-state index contributed by atoms with van der Waals surface area (Å²) in [7, 11) is 0. The lowest BCUT2D eigenvalue weighted by Gasteiger charge is -2.02. The van der Waals surface area contributed by atoms with E-state index >= 15 is 0 Å². The third-order valence-electron chi connectivity index (χ3n) is 0.908. The molecule has 1 aliphatic heterocycles. The average Bonchev–Trinajstić information content (AvgIpc) is 1.89. The van der Waals surface area contributed by atoms with Gasteiger partial charge in [0.05, 0.1) is 4.91 Å². The van der Waals surface area contributed by atoms with Gasteiger partial charge < -0.3 is 0 Å². The van der Waals surface area contributed by atoms with Crippen molar-refractivity contribution in [1.82, 2.24) is 0 Å². The first-order chi connectivity index (χ1) is 4.34. The van der Waals surface area contributed by atoms with Crippen molar-refractivity contribution in [3.8, 4) is 6.07 Å². The van der Waals surface area contributed by atoms with Crippen molar-refractivity contribution < 1.29 is 0 Å². The van der Waals surface area contributed by atoms with Crippen LogP contribution < -0.4 is 0 Å². The van der Waals surface area contributed by atoms with Crippen molar-refractivity contribution in [1.29, 1.82) is 5.26 Å². The van der Waals surface area contributed by atoms with E-state index in [9.17, 15) is 0 Å². The van der Waals surface area contributed by atoms with E-state index in [0.717, 1.165) is 9.81 Å². The van der Waals surface area contributed by atoms with E-state index < -0.39 is 0 Å². The lowest BCUT2D eigenvalue weighted by Crippen LogP contribution is -1.76. The number of nitriles is 1. The maximum Gasteiger partial charge on any atom is 0.107 e. The summed E-state index contributed by atoms with van der Waals surface area (Å²) in [4.78, 5) is 1.92. The highest BCUT2D eigenvalue weighted by atomic mass is 32.2. The van der Waals surface area contributed by atoms with E-state index in [2.05, 4.69) is 6.07 Å². The summed E-state index contributed by atoms with van der Waals surface area (Å²) >= 11 is 3.09. The molecule has 1 heterocycles. The monoisotopic (exact) mass is 155 g/mol. The van der Waals surface area contributed by atoms with E-state index in [-0.39, 0.29) is 0 Å². The van der Waals surface area contributed by atoms with Crippen LogP contribution in [0.15, 0.2) is 20.6 Å². The van der Waals surface area contributed by atoms with Gasteiger partial charge in [-0.15, -0.1) is 11.8 Å². The van der Waals surface area contributed by atoms with Crippen LogP contribution in [0.25, 0.3) is 0 Å². The molecule has 0 aromatic rings. The molecule has 1 nitrogen and oxygen atoms in total. The van der Waals surface area contributed by atoms with Crippen molar-refractivity contribution in [2.75, 3.05) is 0 Å². The van der Waals surface area contributed by atoms with Crippen molar-refractivity contribution >= 4 is 23.5 Å². The van der Waals surface area contributed by atoms with Crippen LogP contribution in [0.3, 0.4) is 0 Å². The van der Waals surface area contributed by atoms with Gasteiger partial charge in [0.2, 0.25) is 0 Å². The fourth-order valence-electron chi connectivity index (χ4n) is 0.467. The molecule has 0 amide bonds. The summed E-state index contributed by atoms with van der Waals surface area (Å²) in [6.45, 7) is 1.96. The Morgan fingerprint density at radius 3 is 2.56 bits per heavy atom. The molecule has 9 heavy (non-hydrogen) atoms. The quantitative estimate of drug-likeness (QED) is 0.537. The first kappa shape index (κ1) is 6.79. The van der Waals surface area contributed by atoms with Gasteiger partial charge in [-0.2, -0.15) is 5.26 Å². The van der Waals surface area contributed by atoms with Crippen LogP contribution in [0.2, 0.25) is 0 Å². The largest absolute Gasteiger partial charge is 0.192 e. The number of allylic oxidation sites excluding steroid dienone is 2. The zero-order chi connectivity index (χ0) is 6.69. The minimum Gasteiger partial charge on any atom is -0.192 e. The molecule has 0 aromatic carbocycles. The van der Waals surface area contributed by atoms with Gasteiger partial charge in [0.1, 0.15) is 6.07 Å². The fourth-order valence-corrected chi connectivity index (χ4v) is 1.91. The fraction of sp³-hybridized carbons (Fsp3) is 0.167. The molecule has 0 radical (unpaired) electrons. The molecule has 0 saturated carbocycles. The molecule has 0 unspecified atom stereocenters. The molecule has 0 bridgehead atoms. The molecule has 0 fully saturated rings. The minimum atomic E-state index is 0.822. The summed E-state index contributed by atoms with van der Waals surface area (Å²) < 4.78 is 0. The van der Waals surface area contributed by atoms with Crippen LogP contribution in [0, 0.1) is 11.3 Å². The lowest BCUT2D eigenvalue weighted by molar-refractivity contribution is 1.51. The van der Waals surface area contributed by atoms with E-state index in [1.165, 1.54) is 11.8 Å². The second kappa shape index (κ2) is 3.00. The predicted octanol–water partition coefficient (Wildman–Crippen LogP) is 2.69. The maximum atomic E-state index is 8.49. The summed E-state index contributed by atoms with van der Waals surface area (Å²) in [5, 5.41) is 12.4. The Kier molecular flexibility index (Phi) is 2.26. The molecule has 3 heteroatoms. The van der Waals surface area contributed by atoms with Gasteiger partial charge in [-0.05, 0) is 17.7 Å². The van der Waals surface area contributed by atoms with Gasteiger partial charge in [-0.1, -0.05) is 11.8 Å². The van der Waals surface area contributed by atoms with Crippen LogP contribution in [0.4, 0.5) is 0 Å². The molecule has 46 valence electrons. The summed E-state index contributed by atoms with van der Waals surface area (Å²) in [5.41, 5.74) is 0. The van der Waals surface area contributed by atoms with Crippen molar-refractivity contribution in [3.05, 3.63) is 20.6 Å². The second-order valence-electron chi connectivity index (χ2n) is 1.50. The first-order valence-corrected chi connectivity index (χ1v) is 4.20. The number of hydrogen-bond donors (Lipinski definition) is 0. The predicted molar refractivity (Wildman–Crippen MR) is 42.6 cm³/mol. The van der Waals surface area contributed by atoms with Gasteiger partial charge in [-0.3, -0.25) is 0 Å². The zero-order valence-corrected chi connectivity index (χ0v) is 6.55. The smallest absolute Gasteiger partial charge is 0.107 e. The normalized spacial score (nSPS) is 17.8. The van der Waals surface area contributed by atoms with Gasteiger partial charge in [0.25, 0.3) is 0 Å². The van der Waals surface area contributed by atoms with Crippen LogP contribution >= 0.6 is 23.5 Å². The van der Waals surface area contributed by atoms with E-state index in [1.807, 2.05) is 17.7 Å². The highest BCUT2D eigenvalue weighted by Gasteiger charge is 2.03. The van der Waals surface area contributed by atoms with Crippen molar-refractivity contribution in [2.45, 2.75) is 6.92 Å². The summed E-state index contributed by atoms with van der Waals surface area (Å²) in [6, 6.07) is 2.12. The zero-order valence-electron chi connectivity index (χ0n) is 4.92. The molecule has 0 saturated heterocycles. The van der Waals surface area contributed by atoms with Gasteiger partial charge in [-0.25, -0.2) is 0 Å². The highest BCUT2D eigenvalue weighted by molar-refractivity contribution is 8.12. The first-order valence-electron chi connectivity index (χ1n) is 2.44. The van der Waals surface area contributed by atoms with E-state index in [1.54, 1.807) is 11.8 Å². The highest BCUT2D eigenvalue weighted by Crippen LogP contribution is 2.33. The van der Waals surface area contributed by atoms with E-state index in [4.69, 9.17) is 5.26 Å². The summed E-state index contributed by atoms with van der Waals surface area (Å²) in [6.07, 6.45) is 0. The Morgan fingerprint density at radius 2 is 2.11 bits per heavy atom. The number of thioether (sulfide) groups is 2. The SMILES string of the molecule is CC1=C(C#N)SC=CS1. The molecule has 0 atom stereocenters. The van der Waals surface area contributed by atoms with Gasteiger partial charge in [0.15, 0.2) is 0 Å². The Labute approximate surface area is 62.8 Å². The van der Waals surface area contributed by atoms with Crippen LogP contribution in [-0.4, -0.2) is 0 Å². The Bertz CT molecular complexity index is 210. The van der Waals surface area contributed by atoms with Crippen LogP contribution in [0.5, 0.6) is 0 Å². The standard InChI is InChI=1S/C6H5NS2/c1-5-6(4-7)9-3-2-8-5/h2-3H,1H3. The molecule has 0 aromatic heterocycles. The number of hydrogen-bond acceptors (Lipinski definition) is 3. The van der Waals surface area contributed by atoms with Crippen LogP contribution in [-0.2, 0) is 0 Å². The Morgan fingerprint density at radius 1 is 1.44 bits per heavy atom. The lowest BCUT2D eigenvalue weighted by atomic mass is 10.5. The topological polar surface area (TPSA) is 23.8 Å². The van der Waals surface area contributed by atoms with Crippen LogP contribution in [0.1, 0.15) is 6.92 Å². The van der Waals surface area contributed by atoms with E-state index in [0.29, 0.717) is 0 Å². The Hall–Kier alpha value is -0.330. The minimum absolute atomic E-state index is 0.822. The van der Waals surface area contributed by atoms with Crippen molar-refractivity contribution in [3.63, 3.8) is 0 Å². The number of rotatable bonds is 0. The second-order valence-corrected chi connectivity index (χ2v) is 3.54. The molecular formula is C6H5NS2. The third kappa shape index (κ3) is 1.54. The van der Waals surface area contributed by atoms with Gasteiger partial charge >= 0.3 is 0 Å².